The number of tetrazole rings is 1. The van der Waals surface area contributed by atoms with Crippen LogP contribution in [0.15, 0.2) is 54.9 Å². The van der Waals surface area contributed by atoms with E-state index >= 15 is 0 Å². The Morgan fingerprint density at radius 1 is 1.17 bits per heavy atom. The molecule has 2 aromatic carbocycles. The lowest BCUT2D eigenvalue weighted by Gasteiger charge is -2.19. The molecule has 0 saturated heterocycles. The van der Waals surface area contributed by atoms with Crippen molar-refractivity contribution in [1.29, 1.82) is 0 Å². The van der Waals surface area contributed by atoms with E-state index in [2.05, 4.69) is 15.5 Å². The van der Waals surface area contributed by atoms with E-state index in [4.69, 9.17) is 4.74 Å². The van der Waals surface area contributed by atoms with Gasteiger partial charge in [0.1, 0.15) is 12.1 Å². The van der Waals surface area contributed by atoms with Gasteiger partial charge in [0.15, 0.2) is 0 Å². The van der Waals surface area contributed by atoms with E-state index in [1.165, 1.54) is 11.0 Å². The molecule has 0 atom stereocenters. The molecule has 1 heterocycles. The van der Waals surface area contributed by atoms with Gasteiger partial charge in [0.2, 0.25) is 0 Å². The SMILES string of the molecule is COc1ccc(CN(C)C(=O)c2ccccc2-n2cnnn2)cc1. The van der Waals surface area contributed by atoms with Crippen LogP contribution in [-0.4, -0.2) is 45.2 Å². The van der Waals surface area contributed by atoms with Gasteiger partial charge < -0.3 is 9.64 Å². The summed E-state index contributed by atoms with van der Waals surface area (Å²) in [6.07, 6.45) is 1.47. The number of carbonyl (C=O) groups excluding carboxylic acids is 1. The number of carbonyl (C=O) groups is 1. The Hall–Kier alpha value is -3.22. The molecule has 24 heavy (non-hydrogen) atoms. The van der Waals surface area contributed by atoms with Gasteiger partial charge in [-0.3, -0.25) is 4.79 Å². The molecule has 1 aromatic heterocycles. The zero-order valence-electron chi connectivity index (χ0n) is 13.5. The van der Waals surface area contributed by atoms with Crippen LogP contribution in [0.4, 0.5) is 0 Å². The second kappa shape index (κ2) is 6.91. The average Bonchev–Trinajstić information content (AvgIpc) is 3.16. The fraction of sp³-hybridized carbons (Fsp3) is 0.176. The molecule has 0 fully saturated rings. The Bertz CT molecular complexity index is 815. The highest BCUT2D eigenvalue weighted by Crippen LogP contribution is 2.17. The maximum Gasteiger partial charge on any atom is 0.256 e. The average molecular weight is 323 g/mol. The lowest BCUT2D eigenvalue weighted by atomic mass is 10.1. The van der Waals surface area contributed by atoms with E-state index in [1.807, 2.05) is 42.5 Å². The van der Waals surface area contributed by atoms with Crippen molar-refractivity contribution in [2.75, 3.05) is 14.2 Å². The Morgan fingerprint density at radius 2 is 1.92 bits per heavy atom. The lowest BCUT2D eigenvalue weighted by Crippen LogP contribution is -2.27. The van der Waals surface area contributed by atoms with Crippen LogP contribution in [0, 0.1) is 0 Å². The molecule has 7 heteroatoms. The van der Waals surface area contributed by atoms with E-state index in [9.17, 15) is 4.79 Å². The second-order valence-corrected chi connectivity index (χ2v) is 5.28. The first-order chi connectivity index (χ1) is 11.7. The molecule has 7 nitrogen and oxygen atoms in total. The largest absolute Gasteiger partial charge is 0.497 e. The fourth-order valence-corrected chi connectivity index (χ4v) is 2.41. The van der Waals surface area contributed by atoms with Crippen LogP contribution in [0.3, 0.4) is 0 Å². The first kappa shape index (κ1) is 15.7. The molecule has 0 unspecified atom stereocenters. The summed E-state index contributed by atoms with van der Waals surface area (Å²) in [5, 5.41) is 11.1. The van der Waals surface area contributed by atoms with Gasteiger partial charge in [0, 0.05) is 13.6 Å². The molecular formula is C17H17N5O2. The zero-order chi connectivity index (χ0) is 16.9. The molecule has 0 bridgehead atoms. The zero-order valence-corrected chi connectivity index (χ0v) is 13.5. The third-order valence-electron chi connectivity index (χ3n) is 3.66. The molecule has 3 rings (SSSR count). The van der Waals surface area contributed by atoms with E-state index in [-0.39, 0.29) is 5.91 Å². The number of methoxy groups -OCH3 is 1. The highest BCUT2D eigenvalue weighted by Gasteiger charge is 2.17. The Labute approximate surface area is 139 Å². The molecule has 0 spiro atoms. The maximum absolute atomic E-state index is 12.8. The number of para-hydroxylation sites is 1. The van der Waals surface area contributed by atoms with E-state index < -0.39 is 0 Å². The van der Waals surface area contributed by atoms with Crippen LogP contribution in [0.1, 0.15) is 15.9 Å². The number of hydrogen-bond donors (Lipinski definition) is 0. The van der Waals surface area contributed by atoms with Gasteiger partial charge in [-0.05, 0) is 40.3 Å². The van der Waals surface area contributed by atoms with Crippen molar-refractivity contribution in [3.05, 3.63) is 66.0 Å². The van der Waals surface area contributed by atoms with Crippen LogP contribution >= 0.6 is 0 Å². The highest BCUT2D eigenvalue weighted by molar-refractivity contribution is 5.97. The van der Waals surface area contributed by atoms with Crippen molar-refractivity contribution in [2.24, 2.45) is 0 Å². The first-order valence-electron chi connectivity index (χ1n) is 7.40. The standard InChI is InChI=1S/C17H17N5O2/c1-21(11-13-7-9-14(24-2)10-8-13)17(23)15-5-3-4-6-16(15)22-12-18-19-20-22/h3-10,12H,11H2,1-2H3. The van der Waals surface area contributed by atoms with Crippen molar-refractivity contribution < 1.29 is 9.53 Å². The topological polar surface area (TPSA) is 73.1 Å². The second-order valence-electron chi connectivity index (χ2n) is 5.28. The first-order valence-corrected chi connectivity index (χ1v) is 7.40. The Kier molecular flexibility index (Phi) is 4.51. The van der Waals surface area contributed by atoms with Gasteiger partial charge in [-0.25, -0.2) is 0 Å². The predicted octanol–water partition coefficient (Wildman–Crippen LogP) is 1.94. The van der Waals surface area contributed by atoms with Crippen LogP contribution in [0.5, 0.6) is 5.75 Å². The molecular weight excluding hydrogens is 306 g/mol. The van der Waals surface area contributed by atoms with E-state index in [0.29, 0.717) is 17.8 Å². The summed E-state index contributed by atoms with van der Waals surface area (Å²) in [6, 6.07) is 14.9. The molecule has 122 valence electrons. The quantitative estimate of drug-likeness (QED) is 0.717. The molecule has 0 N–H and O–H groups in total. The van der Waals surface area contributed by atoms with Crippen LogP contribution in [-0.2, 0) is 6.54 Å². The number of aromatic nitrogens is 4. The normalized spacial score (nSPS) is 10.4. The number of ether oxygens (including phenoxy) is 1. The van der Waals surface area contributed by atoms with Crippen LogP contribution in [0.25, 0.3) is 5.69 Å². The van der Waals surface area contributed by atoms with Gasteiger partial charge in [-0.1, -0.05) is 24.3 Å². The summed E-state index contributed by atoms with van der Waals surface area (Å²) >= 11 is 0. The number of amides is 1. The highest BCUT2D eigenvalue weighted by atomic mass is 16.5. The van der Waals surface area contributed by atoms with Crippen molar-refractivity contribution in [2.45, 2.75) is 6.54 Å². The molecule has 3 aromatic rings. The Morgan fingerprint density at radius 3 is 2.58 bits per heavy atom. The fourth-order valence-electron chi connectivity index (χ4n) is 2.41. The van der Waals surface area contributed by atoms with Gasteiger partial charge in [-0.2, -0.15) is 4.68 Å². The minimum Gasteiger partial charge on any atom is -0.497 e. The van der Waals surface area contributed by atoms with E-state index in [1.54, 1.807) is 25.1 Å². The number of hydrogen-bond acceptors (Lipinski definition) is 5. The summed E-state index contributed by atoms with van der Waals surface area (Å²) in [6.45, 7) is 0.493. The minimum absolute atomic E-state index is 0.100. The third kappa shape index (κ3) is 3.24. The predicted molar refractivity (Wildman–Crippen MR) is 87.9 cm³/mol. The minimum atomic E-state index is -0.100. The van der Waals surface area contributed by atoms with Crippen molar-refractivity contribution >= 4 is 5.91 Å². The molecule has 0 aliphatic carbocycles. The van der Waals surface area contributed by atoms with Crippen LogP contribution < -0.4 is 4.74 Å². The summed E-state index contributed by atoms with van der Waals surface area (Å²) in [4.78, 5) is 14.5. The van der Waals surface area contributed by atoms with Crippen LogP contribution in [0.2, 0.25) is 0 Å². The van der Waals surface area contributed by atoms with E-state index in [0.717, 1.165) is 11.3 Å². The summed E-state index contributed by atoms with van der Waals surface area (Å²) in [5.74, 6) is 0.689. The third-order valence-corrected chi connectivity index (χ3v) is 3.66. The number of rotatable bonds is 5. The monoisotopic (exact) mass is 323 g/mol. The molecule has 1 amide bonds. The Balaban J connectivity index is 1.81. The summed E-state index contributed by atoms with van der Waals surface area (Å²) < 4.78 is 6.63. The number of nitrogens with zero attached hydrogens (tertiary/aromatic N) is 5. The summed E-state index contributed by atoms with van der Waals surface area (Å²) in [5.41, 5.74) is 2.21. The smallest absolute Gasteiger partial charge is 0.256 e. The summed E-state index contributed by atoms with van der Waals surface area (Å²) in [7, 11) is 3.39. The van der Waals surface area contributed by atoms with Crippen molar-refractivity contribution in [3.63, 3.8) is 0 Å². The van der Waals surface area contributed by atoms with Crippen molar-refractivity contribution in [3.8, 4) is 11.4 Å². The maximum atomic E-state index is 12.8. The number of benzene rings is 2. The van der Waals surface area contributed by atoms with Gasteiger partial charge >= 0.3 is 0 Å². The lowest BCUT2D eigenvalue weighted by molar-refractivity contribution is 0.0785. The van der Waals surface area contributed by atoms with Gasteiger partial charge in [-0.15, -0.1) is 5.10 Å². The van der Waals surface area contributed by atoms with Gasteiger partial charge in [0.25, 0.3) is 5.91 Å². The molecule has 0 saturated carbocycles. The molecule has 0 aliphatic rings. The van der Waals surface area contributed by atoms with Crippen molar-refractivity contribution in [1.82, 2.24) is 25.1 Å². The molecule has 0 aliphatic heterocycles. The van der Waals surface area contributed by atoms with Gasteiger partial charge in [0.05, 0.1) is 18.4 Å². The molecule has 0 radical (unpaired) electrons.